The molecule has 0 amide bonds. The molecule has 6 nitrogen and oxygen atoms in total. The molecule has 0 unspecified atom stereocenters. The van der Waals surface area contributed by atoms with Gasteiger partial charge in [-0.1, -0.05) is 164 Å². The molecule has 0 aliphatic carbocycles. The molecule has 3 aromatic heterocycles. The van der Waals surface area contributed by atoms with E-state index in [9.17, 15) is 0 Å². The summed E-state index contributed by atoms with van der Waals surface area (Å²) in [6.07, 6.45) is 0. The van der Waals surface area contributed by atoms with E-state index < -0.39 is 0 Å². The van der Waals surface area contributed by atoms with Crippen LogP contribution < -0.4 is 0 Å². The normalized spacial score (nSPS) is 11.4. The summed E-state index contributed by atoms with van der Waals surface area (Å²) < 4.78 is 4.43. The van der Waals surface area contributed by atoms with Gasteiger partial charge in [0, 0.05) is 33.2 Å². The van der Waals surface area contributed by atoms with Crippen LogP contribution in [0.2, 0.25) is 0 Å². The van der Waals surface area contributed by atoms with E-state index in [2.05, 4.69) is 185 Å². The van der Waals surface area contributed by atoms with Crippen LogP contribution in [0.1, 0.15) is 0 Å². The highest BCUT2D eigenvalue weighted by Gasteiger charge is 2.19. The lowest BCUT2D eigenvalue weighted by Gasteiger charge is -2.15. The maximum absolute atomic E-state index is 5.40. The van der Waals surface area contributed by atoms with Crippen LogP contribution in [-0.2, 0) is 0 Å². The van der Waals surface area contributed by atoms with Gasteiger partial charge in [-0.25, -0.2) is 9.97 Å². The average Bonchev–Trinajstić information content (AvgIpc) is 3.71. The van der Waals surface area contributed by atoms with E-state index in [0.717, 1.165) is 71.8 Å². The van der Waals surface area contributed by atoms with Crippen molar-refractivity contribution in [1.29, 1.82) is 0 Å². The van der Waals surface area contributed by atoms with Gasteiger partial charge in [0.05, 0.1) is 22.1 Å². The quantitative estimate of drug-likeness (QED) is 0.176. The van der Waals surface area contributed by atoms with Gasteiger partial charge in [0.25, 0.3) is 0 Å². The van der Waals surface area contributed by atoms with E-state index in [-0.39, 0.29) is 0 Å². The Balaban J connectivity index is 1.23. The topological polar surface area (TPSA) is 61.4 Å². The molecule has 272 valence electrons. The van der Waals surface area contributed by atoms with Crippen LogP contribution >= 0.6 is 0 Å². The van der Waals surface area contributed by atoms with Gasteiger partial charge < -0.3 is 0 Å². The first-order valence-electron chi connectivity index (χ1n) is 19.4. The molecule has 0 spiro atoms. The zero-order valence-corrected chi connectivity index (χ0v) is 31.3. The van der Waals surface area contributed by atoms with E-state index in [0.29, 0.717) is 17.6 Å². The Morgan fingerprint density at radius 1 is 0.293 bits per heavy atom. The molecule has 8 aromatic carbocycles. The summed E-state index contributed by atoms with van der Waals surface area (Å²) in [4.78, 5) is 21.1. The smallest absolute Gasteiger partial charge is 0.238 e. The Bertz CT molecular complexity index is 3300. The van der Waals surface area contributed by atoms with Crippen molar-refractivity contribution in [2.45, 2.75) is 0 Å². The third-order valence-electron chi connectivity index (χ3n) is 10.8. The highest BCUT2D eigenvalue weighted by molar-refractivity contribution is 6.19. The Morgan fingerprint density at radius 2 is 0.741 bits per heavy atom. The van der Waals surface area contributed by atoms with Gasteiger partial charge in [-0.2, -0.15) is 9.97 Å². The molecule has 58 heavy (non-hydrogen) atoms. The molecule has 0 N–H and O–H groups in total. The van der Waals surface area contributed by atoms with Crippen molar-refractivity contribution in [3.63, 3.8) is 0 Å². The number of para-hydroxylation sites is 5. The Morgan fingerprint density at radius 3 is 1.36 bits per heavy atom. The average molecular weight is 743 g/mol. The van der Waals surface area contributed by atoms with Crippen LogP contribution in [0.25, 0.3) is 100 Å². The standard InChI is InChI=1S/C52H34N6/c1-3-18-35(19-4-1)49-54-50(36-20-17-21-37(34-36)51-53-45-30-13-16-33-48(45)57(51)38-22-5-2-6-23-38)56-52(55-49)58-46-31-14-11-28-43(46)41-26-9-7-24-39(41)40-25-8-10-27-42(40)44-29-12-15-32-47(44)58/h1-34H. The predicted molar refractivity (Wildman–Crippen MR) is 238 cm³/mol. The largest absolute Gasteiger partial charge is 0.292 e. The van der Waals surface area contributed by atoms with Crippen LogP contribution in [0.3, 0.4) is 0 Å². The molecule has 0 bridgehead atoms. The first-order chi connectivity index (χ1) is 28.8. The van der Waals surface area contributed by atoms with Crippen molar-refractivity contribution in [1.82, 2.24) is 29.1 Å². The van der Waals surface area contributed by atoms with E-state index in [1.54, 1.807) is 0 Å². The second-order valence-corrected chi connectivity index (χ2v) is 14.3. The van der Waals surface area contributed by atoms with Crippen LogP contribution in [0.4, 0.5) is 0 Å². The number of imidazole rings is 1. The first-order valence-corrected chi connectivity index (χ1v) is 19.4. The third kappa shape index (κ3) is 5.66. The fourth-order valence-electron chi connectivity index (χ4n) is 8.21. The van der Waals surface area contributed by atoms with E-state index in [1.807, 2.05) is 30.3 Å². The lowest BCUT2D eigenvalue weighted by molar-refractivity contribution is 0.951. The fourth-order valence-corrected chi connectivity index (χ4v) is 8.21. The van der Waals surface area contributed by atoms with E-state index in [4.69, 9.17) is 19.9 Å². The molecular formula is C52H34N6. The summed E-state index contributed by atoms with van der Waals surface area (Å²) in [5.74, 6) is 2.50. The molecule has 0 fully saturated rings. The van der Waals surface area contributed by atoms with Gasteiger partial charge in [-0.05, 0) is 64.0 Å². The molecule has 0 aliphatic rings. The van der Waals surface area contributed by atoms with E-state index >= 15 is 0 Å². The van der Waals surface area contributed by atoms with Gasteiger partial charge in [-0.3, -0.25) is 9.13 Å². The Labute approximate surface area is 334 Å². The van der Waals surface area contributed by atoms with Gasteiger partial charge in [-0.15, -0.1) is 0 Å². The summed E-state index contributed by atoms with van der Waals surface area (Å²) in [5.41, 5.74) is 7.65. The van der Waals surface area contributed by atoms with Crippen molar-refractivity contribution in [3.8, 4) is 45.8 Å². The molecule has 11 rings (SSSR count). The summed E-state index contributed by atoms with van der Waals surface area (Å²) in [6, 6.07) is 71.6. The molecule has 0 saturated heterocycles. The molecule has 0 radical (unpaired) electrons. The number of rotatable bonds is 5. The number of benzene rings is 8. The van der Waals surface area contributed by atoms with Crippen molar-refractivity contribution in [2.75, 3.05) is 0 Å². The van der Waals surface area contributed by atoms with Crippen LogP contribution in [0.5, 0.6) is 0 Å². The molecule has 6 heteroatoms. The summed E-state index contributed by atoms with van der Waals surface area (Å²) in [6.45, 7) is 0. The maximum Gasteiger partial charge on any atom is 0.238 e. The van der Waals surface area contributed by atoms with Crippen LogP contribution in [-0.4, -0.2) is 29.1 Å². The Kier molecular flexibility index (Phi) is 8.04. The predicted octanol–water partition coefficient (Wildman–Crippen LogP) is 12.7. The number of hydrogen-bond acceptors (Lipinski definition) is 4. The molecule has 0 aliphatic heterocycles. The minimum atomic E-state index is 0.516. The van der Waals surface area contributed by atoms with Gasteiger partial charge in [0.15, 0.2) is 11.6 Å². The summed E-state index contributed by atoms with van der Waals surface area (Å²) >= 11 is 0. The number of aromatic nitrogens is 6. The second kappa shape index (κ2) is 14.0. The summed E-state index contributed by atoms with van der Waals surface area (Å²) in [7, 11) is 0. The highest BCUT2D eigenvalue weighted by atomic mass is 15.2. The lowest BCUT2D eigenvalue weighted by atomic mass is 10.0. The number of fused-ring (bicyclic) bond motifs is 8. The molecule has 3 heterocycles. The van der Waals surface area contributed by atoms with Crippen molar-refractivity contribution in [3.05, 3.63) is 206 Å². The number of nitrogens with zero attached hydrogens (tertiary/aromatic N) is 6. The van der Waals surface area contributed by atoms with Gasteiger partial charge in [0.2, 0.25) is 5.95 Å². The monoisotopic (exact) mass is 742 g/mol. The second-order valence-electron chi connectivity index (χ2n) is 14.3. The van der Waals surface area contributed by atoms with Crippen molar-refractivity contribution >= 4 is 54.4 Å². The van der Waals surface area contributed by atoms with Crippen LogP contribution in [0, 0.1) is 0 Å². The highest BCUT2D eigenvalue weighted by Crippen LogP contribution is 2.35. The molecule has 0 saturated carbocycles. The van der Waals surface area contributed by atoms with Gasteiger partial charge >= 0.3 is 0 Å². The Hall–Kier alpha value is -7.96. The fraction of sp³-hybridized carbons (Fsp3) is 0. The minimum absolute atomic E-state index is 0.516. The zero-order valence-electron chi connectivity index (χ0n) is 31.3. The first kappa shape index (κ1) is 33.4. The van der Waals surface area contributed by atoms with E-state index in [1.165, 1.54) is 10.8 Å². The lowest BCUT2D eigenvalue weighted by Crippen LogP contribution is -2.08. The third-order valence-corrected chi connectivity index (χ3v) is 10.8. The number of hydrogen-bond donors (Lipinski definition) is 0. The SMILES string of the molecule is c1ccc(-c2nc(-c3cccc(-c4nc5ccccc5n4-c4ccccc4)c3)nc(-n3c4ccccc4c4ccccc4c4ccccc4c4ccccc43)n2)cc1. The van der Waals surface area contributed by atoms with Gasteiger partial charge in [0.1, 0.15) is 5.82 Å². The minimum Gasteiger partial charge on any atom is -0.292 e. The maximum atomic E-state index is 5.40. The van der Waals surface area contributed by atoms with Crippen molar-refractivity contribution in [2.24, 2.45) is 0 Å². The zero-order chi connectivity index (χ0) is 38.4. The van der Waals surface area contributed by atoms with Crippen LogP contribution in [0.15, 0.2) is 206 Å². The summed E-state index contributed by atoms with van der Waals surface area (Å²) in [5, 5.41) is 6.76. The molecular weight excluding hydrogens is 709 g/mol. The van der Waals surface area contributed by atoms with Crippen molar-refractivity contribution < 1.29 is 0 Å². The molecule has 11 aromatic rings. The molecule has 0 atom stereocenters.